The highest BCUT2D eigenvalue weighted by molar-refractivity contribution is 6.10. The van der Waals surface area contributed by atoms with Crippen molar-refractivity contribution in [1.82, 2.24) is 4.57 Å². The van der Waals surface area contributed by atoms with Gasteiger partial charge in [0.25, 0.3) is 0 Å². The summed E-state index contributed by atoms with van der Waals surface area (Å²) in [4.78, 5) is 2.37. The van der Waals surface area contributed by atoms with Crippen LogP contribution in [0.25, 0.3) is 93.9 Å². The molecule has 63 heavy (non-hydrogen) atoms. The Hall–Kier alpha value is -8.40. The third kappa shape index (κ3) is 6.38. The van der Waals surface area contributed by atoms with E-state index in [1.165, 1.54) is 38.5 Å². The molecular weight excluding hydrogens is 765 g/mol. The molecule has 296 valence electrons. The van der Waals surface area contributed by atoms with Crippen molar-refractivity contribution in [2.75, 3.05) is 4.90 Å². The third-order valence-corrected chi connectivity index (χ3v) is 12.4. The molecule has 12 rings (SSSR count). The maximum absolute atomic E-state index is 6.37. The molecule has 0 N–H and O–H groups in total. The highest BCUT2D eigenvalue weighted by Gasteiger charge is 2.19. The summed E-state index contributed by atoms with van der Waals surface area (Å²) in [5.74, 6) is 0. The fourth-order valence-corrected chi connectivity index (χ4v) is 9.43. The third-order valence-electron chi connectivity index (χ3n) is 12.4. The molecule has 12 aromatic rings. The fourth-order valence-electron chi connectivity index (χ4n) is 9.43. The zero-order chi connectivity index (χ0) is 41.7. The number of furan rings is 1. The van der Waals surface area contributed by atoms with Gasteiger partial charge in [-0.15, -0.1) is 0 Å². The van der Waals surface area contributed by atoms with Crippen LogP contribution in [0.3, 0.4) is 0 Å². The lowest BCUT2D eigenvalue weighted by atomic mass is 9.98. The van der Waals surface area contributed by atoms with Crippen molar-refractivity contribution in [2.45, 2.75) is 0 Å². The van der Waals surface area contributed by atoms with Crippen molar-refractivity contribution < 1.29 is 4.42 Å². The zero-order valence-electron chi connectivity index (χ0n) is 34.4. The van der Waals surface area contributed by atoms with E-state index in [2.05, 4.69) is 240 Å². The van der Waals surface area contributed by atoms with Gasteiger partial charge in [0.05, 0.1) is 16.7 Å². The Bertz CT molecular complexity index is 3560. The molecule has 0 amide bonds. The van der Waals surface area contributed by atoms with Crippen molar-refractivity contribution in [2.24, 2.45) is 0 Å². The monoisotopic (exact) mass is 804 g/mol. The maximum Gasteiger partial charge on any atom is 0.143 e. The van der Waals surface area contributed by atoms with Crippen molar-refractivity contribution in [3.05, 3.63) is 243 Å². The quantitative estimate of drug-likeness (QED) is 0.153. The highest BCUT2D eigenvalue weighted by atomic mass is 16.3. The molecule has 0 saturated carbocycles. The minimum atomic E-state index is 0.911. The summed E-state index contributed by atoms with van der Waals surface area (Å²) in [7, 11) is 0. The molecule has 0 aliphatic rings. The average Bonchev–Trinajstić information content (AvgIpc) is 3.91. The summed E-state index contributed by atoms with van der Waals surface area (Å²) >= 11 is 0. The molecule has 10 aromatic carbocycles. The van der Waals surface area contributed by atoms with Gasteiger partial charge in [-0.1, -0.05) is 182 Å². The normalized spacial score (nSPS) is 11.5. The molecule has 3 heteroatoms. The largest absolute Gasteiger partial charge is 0.455 e. The number of aromatic nitrogens is 1. The van der Waals surface area contributed by atoms with Gasteiger partial charge in [-0.2, -0.15) is 0 Å². The zero-order valence-corrected chi connectivity index (χ0v) is 34.4. The fraction of sp³-hybridized carbons (Fsp3) is 0. The lowest BCUT2D eigenvalue weighted by Crippen LogP contribution is -2.10. The van der Waals surface area contributed by atoms with Gasteiger partial charge >= 0.3 is 0 Å². The van der Waals surface area contributed by atoms with Crippen LogP contribution in [0.15, 0.2) is 247 Å². The summed E-state index contributed by atoms with van der Waals surface area (Å²) in [5.41, 5.74) is 17.8. The molecule has 0 aliphatic heterocycles. The summed E-state index contributed by atoms with van der Waals surface area (Å²) in [5, 5.41) is 4.78. The average molecular weight is 805 g/mol. The summed E-state index contributed by atoms with van der Waals surface area (Å²) < 4.78 is 8.79. The minimum Gasteiger partial charge on any atom is -0.455 e. The predicted octanol–water partition coefficient (Wildman–Crippen LogP) is 16.8. The molecule has 0 bridgehead atoms. The van der Waals surface area contributed by atoms with Crippen molar-refractivity contribution in [1.29, 1.82) is 0 Å². The van der Waals surface area contributed by atoms with Crippen LogP contribution in [0.5, 0.6) is 0 Å². The van der Waals surface area contributed by atoms with Crippen LogP contribution < -0.4 is 4.90 Å². The van der Waals surface area contributed by atoms with Gasteiger partial charge in [0, 0.05) is 49.7 Å². The Morgan fingerprint density at radius 3 is 1.52 bits per heavy atom. The van der Waals surface area contributed by atoms with E-state index >= 15 is 0 Å². The topological polar surface area (TPSA) is 21.3 Å². The number of benzene rings is 10. The highest BCUT2D eigenvalue weighted by Crippen LogP contribution is 2.42. The Morgan fingerprint density at radius 2 is 0.794 bits per heavy atom. The van der Waals surface area contributed by atoms with Crippen LogP contribution in [-0.2, 0) is 0 Å². The van der Waals surface area contributed by atoms with E-state index in [-0.39, 0.29) is 0 Å². The Kier molecular flexibility index (Phi) is 8.83. The van der Waals surface area contributed by atoms with Crippen molar-refractivity contribution in [3.63, 3.8) is 0 Å². The predicted molar refractivity (Wildman–Crippen MR) is 264 cm³/mol. The van der Waals surface area contributed by atoms with Crippen LogP contribution >= 0.6 is 0 Å². The minimum absolute atomic E-state index is 0.911. The van der Waals surface area contributed by atoms with Gasteiger partial charge in [-0.25, -0.2) is 0 Å². The van der Waals surface area contributed by atoms with E-state index in [4.69, 9.17) is 4.42 Å². The number of anilines is 3. The summed E-state index contributed by atoms with van der Waals surface area (Å²) in [6.45, 7) is 0. The molecule has 2 heterocycles. The molecule has 3 nitrogen and oxygen atoms in total. The van der Waals surface area contributed by atoms with Gasteiger partial charge in [-0.3, -0.25) is 0 Å². The van der Waals surface area contributed by atoms with Crippen LogP contribution in [0.1, 0.15) is 0 Å². The first-order valence-electron chi connectivity index (χ1n) is 21.5. The standard InChI is InChI=1S/C60H40N2O/c1-2-15-41(16-3-1)45-17-12-19-48(39-45)61(47-37-35-43(36-38-47)42-31-33-44(34-32-42)51-25-14-26-55-54-24-7-11-30-59(54)63-60(51)55)49-20-13-18-46(40-49)50-21-4-8-27-56(50)62-57-28-9-5-22-52(57)53-23-6-10-29-58(53)62/h1-40H. The smallest absolute Gasteiger partial charge is 0.143 e. The number of nitrogens with zero attached hydrogens (tertiary/aromatic N) is 2. The number of rotatable bonds is 8. The van der Waals surface area contributed by atoms with E-state index in [0.29, 0.717) is 0 Å². The van der Waals surface area contributed by atoms with Crippen LogP contribution in [0.2, 0.25) is 0 Å². The SMILES string of the molecule is c1ccc(-c2cccc(N(c3ccc(-c4ccc(-c5cccc6c5oc5ccccc56)cc4)cc3)c3cccc(-c4ccccc4-n4c5ccccc5c5ccccc54)c3)c2)cc1. The number of para-hydroxylation sites is 5. The first-order chi connectivity index (χ1) is 31.2. The Morgan fingerprint density at radius 1 is 0.302 bits per heavy atom. The van der Waals surface area contributed by atoms with Crippen molar-refractivity contribution >= 4 is 60.8 Å². The van der Waals surface area contributed by atoms with E-state index < -0.39 is 0 Å². The van der Waals surface area contributed by atoms with E-state index in [0.717, 1.165) is 72.5 Å². The van der Waals surface area contributed by atoms with Crippen LogP contribution in [-0.4, -0.2) is 4.57 Å². The van der Waals surface area contributed by atoms with Gasteiger partial charge in [0.15, 0.2) is 0 Å². The van der Waals surface area contributed by atoms with Crippen LogP contribution in [0.4, 0.5) is 17.1 Å². The van der Waals surface area contributed by atoms with Gasteiger partial charge in [-0.05, 0) is 94.0 Å². The molecular formula is C60H40N2O. The van der Waals surface area contributed by atoms with Crippen molar-refractivity contribution in [3.8, 4) is 50.2 Å². The summed E-state index contributed by atoms with van der Waals surface area (Å²) in [6, 6.07) is 87.1. The maximum atomic E-state index is 6.37. The molecule has 0 fully saturated rings. The molecule has 0 atom stereocenters. The second-order valence-electron chi connectivity index (χ2n) is 16.1. The second kappa shape index (κ2) is 15.3. The molecule has 0 unspecified atom stereocenters. The van der Waals surface area contributed by atoms with E-state index in [1.54, 1.807) is 0 Å². The van der Waals surface area contributed by atoms with Gasteiger partial charge in [0.1, 0.15) is 11.2 Å². The second-order valence-corrected chi connectivity index (χ2v) is 16.1. The van der Waals surface area contributed by atoms with Gasteiger partial charge < -0.3 is 13.9 Å². The van der Waals surface area contributed by atoms with Crippen LogP contribution in [0, 0.1) is 0 Å². The lowest BCUT2D eigenvalue weighted by Gasteiger charge is -2.27. The summed E-state index contributed by atoms with van der Waals surface area (Å²) in [6.07, 6.45) is 0. The number of hydrogen-bond acceptors (Lipinski definition) is 2. The number of fused-ring (bicyclic) bond motifs is 6. The first kappa shape index (κ1) is 36.5. The molecule has 0 aliphatic carbocycles. The number of hydrogen-bond donors (Lipinski definition) is 0. The van der Waals surface area contributed by atoms with E-state index in [1.807, 2.05) is 12.1 Å². The Labute approximate surface area is 366 Å². The Balaban J connectivity index is 0.940. The molecule has 0 saturated heterocycles. The molecule has 0 spiro atoms. The molecule has 0 radical (unpaired) electrons. The first-order valence-corrected chi connectivity index (χ1v) is 21.5. The van der Waals surface area contributed by atoms with Gasteiger partial charge in [0.2, 0.25) is 0 Å². The lowest BCUT2D eigenvalue weighted by molar-refractivity contribution is 0.670. The van der Waals surface area contributed by atoms with E-state index in [9.17, 15) is 0 Å². The molecule has 2 aromatic heterocycles.